The van der Waals surface area contributed by atoms with Gasteiger partial charge in [-0.2, -0.15) is 10.2 Å². The standard InChI is InChI=1S/C13H8N2O/c16-10-2-3-11-5-7-12(8-6-11)13-4-1-9-14-15-13/h1,4-10H. The van der Waals surface area contributed by atoms with Crippen molar-refractivity contribution in [2.24, 2.45) is 0 Å². The number of carbonyl (C=O) groups is 1. The van der Waals surface area contributed by atoms with E-state index in [0.29, 0.717) is 6.29 Å². The Kier molecular flexibility index (Phi) is 3.05. The zero-order valence-corrected chi connectivity index (χ0v) is 8.42. The van der Waals surface area contributed by atoms with Crippen LogP contribution in [0.1, 0.15) is 5.56 Å². The molecule has 0 unspecified atom stereocenters. The normalized spacial score (nSPS) is 9.00. The van der Waals surface area contributed by atoms with Gasteiger partial charge in [0.1, 0.15) is 0 Å². The van der Waals surface area contributed by atoms with Crippen LogP contribution in [0.4, 0.5) is 0 Å². The third-order valence-electron chi connectivity index (χ3n) is 2.03. The van der Waals surface area contributed by atoms with Gasteiger partial charge in [0, 0.05) is 17.3 Å². The fourth-order valence-electron chi connectivity index (χ4n) is 1.29. The lowest BCUT2D eigenvalue weighted by molar-refractivity contribution is -0.103. The first-order valence-corrected chi connectivity index (χ1v) is 4.73. The summed E-state index contributed by atoms with van der Waals surface area (Å²) in [6.07, 6.45) is 2.21. The zero-order chi connectivity index (χ0) is 11.2. The fourth-order valence-corrected chi connectivity index (χ4v) is 1.29. The zero-order valence-electron chi connectivity index (χ0n) is 8.42. The molecule has 2 aromatic rings. The summed E-state index contributed by atoms with van der Waals surface area (Å²) >= 11 is 0. The second-order valence-electron chi connectivity index (χ2n) is 3.07. The molecule has 0 fully saturated rings. The summed E-state index contributed by atoms with van der Waals surface area (Å²) in [7, 11) is 0. The smallest absolute Gasteiger partial charge is 0.193 e. The molecule has 0 N–H and O–H groups in total. The summed E-state index contributed by atoms with van der Waals surface area (Å²) in [6, 6.07) is 11.2. The highest BCUT2D eigenvalue weighted by molar-refractivity contribution is 5.74. The molecule has 0 saturated carbocycles. The minimum atomic E-state index is 0.580. The number of rotatable bonds is 1. The molecule has 76 valence electrons. The quantitative estimate of drug-likeness (QED) is 0.529. The Morgan fingerprint density at radius 2 is 1.94 bits per heavy atom. The molecule has 0 atom stereocenters. The van der Waals surface area contributed by atoms with E-state index in [-0.39, 0.29) is 0 Å². The Morgan fingerprint density at radius 1 is 1.12 bits per heavy atom. The van der Waals surface area contributed by atoms with Crippen LogP contribution in [0, 0.1) is 11.8 Å². The Bertz CT molecular complexity index is 536. The van der Waals surface area contributed by atoms with Crippen molar-refractivity contribution in [3.8, 4) is 23.1 Å². The molecule has 3 nitrogen and oxygen atoms in total. The van der Waals surface area contributed by atoms with E-state index >= 15 is 0 Å². The van der Waals surface area contributed by atoms with Crippen molar-refractivity contribution < 1.29 is 4.79 Å². The Morgan fingerprint density at radius 3 is 2.56 bits per heavy atom. The van der Waals surface area contributed by atoms with E-state index in [1.54, 1.807) is 6.20 Å². The minimum Gasteiger partial charge on any atom is -0.289 e. The van der Waals surface area contributed by atoms with Gasteiger partial charge in [0.2, 0.25) is 0 Å². The summed E-state index contributed by atoms with van der Waals surface area (Å²) in [5.74, 6) is 5.08. The molecule has 1 aromatic heterocycles. The van der Waals surface area contributed by atoms with Gasteiger partial charge in [-0.05, 0) is 30.2 Å². The van der Waals surface area contributed by atoms with Crippen LogP contribution in [0.25, 0.3) is 11.3 Å². The van der Waals surface area contributed by atoms with Crippen LogP contribution in [-0.2, 0) is 4.79 Å². The van der Waals surface area contributed by atoms with Crippen LogP contribution in [0.2, 0.25) is 0 Å². The molecule has 1 heterocycles. The van der Waals surface area contributed by atoms with Crippen LogP contribution in [0.15, 0.2) is 42.6 Å². The third kappa shape index (κ3) is 2.31. The summed E-state index contributed by atoms with van der Waals surface area (Å²) in [5, 5.41) is 7.81. The molecule has 0 spiro atoms. The predicted octanol–water partition coefficient (Wildman–Crippen LogP) is 1.69. The van der Waals surface area contributed by atoms with Crippen molar-refractivity contribution in [1.29, 1.82) is 0 Å². The molecular weight excluding hydrogens is 200 g/mol. The monoisotopic (exact) mass is 208 g/mol. The average molecular weight is 208 g/mol. The molecule has 0 bridgehead atoms. The lowest BCUT2D eigenvalue weighted by Crippen LogP contribution is -1.85. The van der Waals surface area contributed by atoms with Gasteiger partial charge in [0.05, 0.1) is 5.69 Å². The average Bonchev–Trinajstić information content (AvgIpc) is 2.38. The highest BCUT2D eigenvalue weighted by atomic mass is 16.1. The number of benzene rings is 1. The van der Waals surface area contributed by atoms with Crippen molar-refractivity contribution in [3.05, 3.63) is 48.2 Å². The van der Waals surface area contributed by atoms with E-state index in [0.717, 1.165) is 16.8 Å². The van der Waals surface area contributed by atoms with Crippen molar-refractivity contribution in [2.75, 3.05) is 0 Å². The minimum absolute atomic E-state index is 0.580. The summed E-state index contributed by atoms with van der Waals surface area (Å²) < 4.78 is 0. The molecule has 16 heavy (non-hydrogen) atoms. The number of nitrogens with zero attached hydrogens (tertiary/aromatic N) is 2. The third-order valence-corrected chi connectivity index (χ3v) is 2.03. The number of hydrogen-bond acceptors (Lipinski definition) is 3. The Hall–Kier alpha value is -2.47. The van der Waals surface area contributed by atoms with Crippen molar-refractivity contribution in [2.45, 2.75) is 0 Å². The van der Waals surface area contributed by atoms with Gasteiger partial charge >= 0.3 is 0 Å². The lowest BCUT2D eigenvalue weighted by Gasteiger charge is -1.98. The number of hydrogen-bond donors (Lipinski definition) is 0. The largest absolute Gasteiger partial charge is 0.289 e. The van der Waals surface area contributed by atoms with Gasteiger partial charge in [-0.1, -0.05) is 18.1 Å². The molecule has 2 rings (SSSR count). The molecule has 1 aromatic carbocycles. The van der Waals surface area contributed by atoms with Gasteiger partial charge in [0.15, 0.2) is 6.29 Å². The van der Waals surface area contributed by atoms with Gasteiger partial charge < -0.3 is 0 Å². The van der Waals surface area contributed by atoms with Gasteiger partial charge in [-0.15, -0.1) is 0 Å². The SMILES string of the molecule is O=CC#Cc1ccc(-c2cccnn2)cc1. The molecule has 0 saturated heterocycles. The molecule has 0 aliphatic heterocycles. The predicted molar refractivity (Wildman–Crippen MR) is 60.4 cm³/mol. The summed E-state index contributed by atoms with van der Waals surface area (Å²) in [5.41, 5.74) is 2.60. The Balaban J connectivity index is 2.30. The van der Waals surface area contributed by atoms with Crippen molar-refractivity contribution in [1.82, 2.24) is 10.2 Å². The van der Waals surface area contributed by atoms with E-state index in [2.05, 4.69) is 22.0 Å². The number of aldehydes is 1. The van der Waals surface area contributed by atoms with Crippen LogP contribution in [0.3, 0.4) is 0 Å². The lowest BCUT2D eigenvalue weighted by atomic mass is 10.1. The molecule has 0 amide bonds. The van der Waals surface area contributed by atoms with Crippen molar-refractivity contribution >= 4 is 6.29 Å². The molecule has 0 aliphatic rings. The fraction of sp³-hybridized carbons (Fsp3) is 0. The topological polar surface area (TPSA) is 42.9 Å². The van der Waals surface area contributed by atoms with E-state index in [4.69, 9.17) is 0 Å². The van der Waals surface area contributed by atoms with Crippen LogP contribution in [-0.4, -0.2) is 16.5 Å². The number of aromatic nitrogens is 2. The first-order valence-electron chi connectivity index (χ1n) is 4.73. The molecule has 3 heteroatoms. The summed E-state index contributed by atoms with van der Waals surface area (Å²) in [6.45, 7) is 0. The van der Waals surface area contributed by atoms with E-state index < -0.39 is 0 Å². The second kappa shape index (κ2) is 4.85. The Labute approximate surface area is 93.2 Å². The van der Waals surface area contributed by atoms with E-state index in [1.807, 2.05) is 36.4 Å². The second-order valence-corrected chi connectivity index (χ2v) is 3.07. The van der Waals surface area contributed by atoms with Crippen LogP contribution < -0.4 is 0 Å². The molecular formula is C13H8N2O. The van der Waals surface area contributed by atoms with E-state index in [1.165, 1.54) is 0 Å². The maximum atomic E-state index is 10.1. The number of carbonyl (C=O) groups excluding carboxylic acids is 1. The van der Waals surface area contributed by atoms with Crippen LogP contribution >= 0.6 is 0 Å². The molecule has 0 aliphatic carbocycles. The van der Waals surface area contributed by atoms with Gasteiger partial charge in [-0.3, -0.25) is 4.79 Å². The highest BCUT2D eigenvalue weighted by Crippen LogP contribution is 2.15. The van der Waals surface area contributed by atoms with Crippen LogP contribution in [0.5, 0.6) is 0 Å². The first-order chi connectivity index (χ1) is 7.90. The molecule has 0 radical (unpaired) electrons. The first kappa shape index (κ1) is 10.1. The maximum Gasteiger partial charge on any atom is 0.193 e. The maximum absolute atomic E-state index is 10.1. The van der Waals surface area contributed by atoms with Crippen molar-refractivity contribution in [3.63, 3.8) is 0 Å². The van der Waals surface area contributed by atoms with E-state index in [9.17, 15) is 4.79 Å². The van der Waals surface area contributed by atoms with Gasteiger partial charge in [-0.25, -0.2) is 0 Å². The van der Waals surface area contributed by atoms with Gasteiger partial charge in [0.25, 0.3) is 0 Å². The highest BCUT2D eigenvalue weighted by Gasteiger charge is 1.97. The summed E-state index contributed by atoms with van der Waals surface area (Å²) in [4.78, 5) is 10.1.